The number of aryl methyl sites for hydroxylation is 1. The van der Waals surface area contributed by atoms with Crippen LogP contribution in [0.5, 0.6) is 0 Å². The first-order valence-electron chi connectivity index (χ1n) is 6.13. The highest BCUT2D eigenvalue weighted by Gasteiger charge is 2.16. The molecule has 0 aliphatic carbocycles. The molecule has 19 heavy (non-hydrogen) atoms. The summed E-state index contributed by atoms with van der Waals surface area (Å²) in [6.07, 6.45) is 0.725. The lowest BCUT2D eigenvalue weighted by atomic mass is 10.2. The lowest BCUT2D eigenvalue weighted by molar-refractivity contribution is 0.403. The monoisotopic (exact) mass is 273 g/mol. The summed E-state index contributed by atoms with van der Waals surface area (Å²) >= 11 is 1.69. The number of nitrogens with two attached hydrogens (primary N) is 1. The molecule has 4 nitrogen and oxygen atoms in total. The molecule has 0 aliphatic heterocycles. The van der Waals surface area contributed by atoms with Gasteiger partial charge in [-0.25, -0.2) is 10.4 Å². The van der Waals surface area contributed by atoms with E-state index in [0.29, 0.717) is 0 Å². The van der Waals surface area contributed by atoms with Crippen LogP contribution in [0.3, 0.4) is 0 Å². The molecule has 3 rings (SSSR count). The van der Waals surface area contributed by atoms with Crippen LogP contribution < -0.4 is 11.3 Å². The summed E-state index contributed by atoms with van der Waals surface area (Å²) in [7, 11) is 0. The van der Waals surface area contributed by atoms with Gasteiger partial charge < -0.3 is 4.42 Å². The van der Waals surface area contributed by atoms with E-state index < -0.39 is 0 Å². The normalized spacial score (nSPS) is 12.9. The van der Waals surface area contributed by atoms with Gasteiger partial charge in [0.15, 0.2) is 0 Å². The highest BCUT2D eigenvalue weighted by Crippen LogP contribution is 2.26. The van der Waals surface area contributed by atoms with E-state index in [4.69, 9.17) is 10.3 Å². The van der Waals surface area contributed by atoms with Crippen LogP contribution in [-0.4, -0.2) is 4.98 Å². The van der Waals surface area contributed by atoms with Gasteiger partial charge in [-0.1, -0.05) is 12.1 Å². The molecule has 0 amide bonds. The van der Waals surface area contributed by atoms with Crippen molar-refractivity contribution in [3.63, 3.8) is 0 Å². The zero-order chi connectivity index (χ0) is 13.2. The number of nitrogens with zero attached hydrogens (tertiary/aromatic N) is 1. The molecule has 0 spiro atoms. The molecular formula is C14H15N3OS. The summed E-state index contributed by atoms with van der Waals surface area (Å²) in [6, 6.07) is 12.0. The van der Waals surface area contributed by atoms with Gasteiger partial charge in [-0.3, -0.25) is 5.84 Å². The van der Waals surface area contributed by atoms with Crippen LogP contribution in [0.25, 0.3) is 10.2 Å². The number of aromatic nitrogens is 1. The smallest absolute Gasteiger partial charge is 0.122 e. The van der Waals surface area contributed by atoms with E-state index >= 15 is 0 Å². The van der Waals surface area contributed by atoms with Crippen LogP contribution >= 0.6 is 11.3 Å². The van der Waals surface area contributed by atoms with Gasteiger partial charge >= 0.3 is 0 Å². The minimum atomic E-state index is -0.0470. The molecule has 1 unspecified atom stereocenters. The van der Waals surface area contributed by atoms with Crippen molar-refractivity contribution in [2.24, 2.45) is 5.84 Å². The molecule has 1 atom stereocenters. The number of nitrogens with one attached hydrogen (secondary N) is 1. The first-order valence-corrected chi connectivity index (χ1v) is 6.95. The Morgan fingerprint density at radius 1 is 1.32 bits per heavy atom. The van der Waals surface area contributed by atoms with E-state index in [1.165, 1.54) is 4.70 Å². The fourth-order valence-electron chi connectivity index (χ4n) is 2.06. The molecule has 0 fully saturated rings. The van der Waals surface area contributed by atoms with Crippen molar-refractivity contribution in [2.45, 2.75) is 19.4 Å². The van der Waals surface area contributed by atoms with Gasteiger partial charge in [0.1, 0.15) is 11.5 Å². The Hall–Kier alpha value is -1.69. The van der Waals surface area contributed by atoms with Crippen LogP contribution in [0.2, 0.25) is 0 Å². The summed E-state index contributed by atoms with van der Waals surface area (Å²) < 4.78 is 6.82. The Morgan fingerprint density at radius 2 is 2.16 bits per heavy atom. The molecular weight excluding hydrogens is 258 g/mol. The van der Waals surface area contributed by atoms with Gasteiger partial charge in [0.05, 0.1) is 21.3 Å². The third-order valence-corrected chi connectivity index (χ3v) is 4.08. The summed E-state index contributed by atoms with van der Waals surface area (Å²) in [6.45, 7) is 1.93. The molecule has 3 N–H and O–H groups in total. The van der Waals surface area contributed by atoms with Gasteiger partial charge in [-0.15, -0.1) is 11.3 Å². The predicted octanol–water partition coefficient (Wildman–Crippen LogP) is 2.94. The molecule has 2 aromatic heterocycles. The van der Waals surface area contributed by atoms with Crippen molar-refractivity contribution in [3.8, 4) is 0 Å². The first kappa shape index (κ1) is 12.3. The van der Waals surface area contributed by atoms with Crippen LogP contribution in [0.4, 0.5) is 0 Å². The van der Waals surface area contributed by atoms with Gasteiger partial charge in [-0.2, -0.15) is 0 Å². The second kappa shape index (κ2) is 5.13. The number of rotatable bonds is 4. The standard InChI is InChI=1S/C14H15N3OS/c1-9-6-7-12(18-9)11(17-15)8-14-16-10-4-2-3-5-13(10)19-14/h2-7,11,17H,8,15H2,1H3. The van der Waals surface area contributed by atoms with Crippen molar-refractivity contribution in [1.82, 2.24) is 10.4 Å². The Morgan fingerprint density at radius 3 is 2.84 bits per heavy atom. The Kier molecular flexibility index (Phi) is 3.33. The first-order chi connectivity index (χ1) is 9.26. The largest absolute Gasteiger partial charge is 0.465 e. The van der Waals surface area contributed by atoms with Crippen molar-refractivity contribution < 1.29 is 4.42 Å². The Balaban J connectivity index is 1.86. The third kappa shape index (κ3) is 2.53. The topological polar surface area (TPSA) is 64.1 Å². The highest BCUT2D eigenvalue weighted by atomic mass is 32.1. The molecule has 1 aromatic carbocycles. The number of hydrogen-bond donors (Lipinski definition) is 2. The Labute approximate surface area is 115 Å². The van der Waals surface area contributed by atoms with E-state index in [1.807, 2.05) is 37.3 Å². The number of fused-ring (bicyclic) bond motifs is 1. The lowest BCUT2D eigenvalue weighted by Crippen LogP contribution is -2.29. The van der Waals surface area contributed by atoms with Crippen molar-refractivity contribution in [3.05, 3.63) is 52.9 Å². The SMILES string of the molecule is Cc1ccc(C(Cc2nc3ccccc3s2)NN)o1. The number of hydrazine groups is 1. The van der Waals surface area contributed by atoms with Gasteiger partial charge in [0.2, 0.25) is 0 Å². The molecule has 0 bridgehead atoms. The molecule has 5 heteroatoms. The average molecular weight is 273 g/mol. The van der Waals surface area contributed by atoms with E-state index in [0.717, 1.165) is 28.5 Å². The zero-order valence-corrected chi connectivity index (χ0v) is 11.4. The zero-order valence-electron chi connectivity index (χ0n) is 10.6. The van der Waals surface area contributed by atoms with Crippen LogP contribution in [0, 0.1) is 6.92 Å². The quantitative estimate of drug-likeness (QED) is 0.566. The van der Waals surface area contributed by atoms with Gasteiger partial charge in [-0.05, 0) is 31.2 Å². The second-order valence-electron chi connectivity index (χ2n) is 4.45. The molecule has 0 aliphatic rings. The van der Waals surface area contributed by atoms with Crippen LogP contribution in [0.15, 0.2) is 40.8 Å². The number of para-hydroxylation sites is 1. The number of furan rings is 1. The number of thiazole rings is 1. The number of benzene rings is 1. The van der Waals surface area contributed by atoms with E-state index in [9.17, 15) is 0 Å². The van der Waals surface area contributed by atoms with E-state index in [1.54, 1.807) is 11.3 Å². The summed E-state index contributed by atoms with van der Waals surface area (Å²) in [5.41, 5.74) is 3.83. The van der Waals surface area contributed by atoms with Crippen molar-refractivity contribution in [1.29, 1.82) is 0 Å². The fourth-order valence-corrected chi connectivity index (χ4v) is 3.08. The molecule has 3 aromatic rings. The van der Waals surface area contributed by atoms with E-state index in [-0.39, 0.29) is 6.04 Å². The number of hydrogen-bond acceptors (Lipinski definition) is 5. The van der Waals surface area contributed by atoms with E-state index in [2.05, 4.69) is 16.5 Å². The second-order valence-corrected chi connectivity index (χ2v) is 5.56. The molecule has 98 valence electrons. The maximum atomic E-state index is 5.62. The minimum absolute atomic E-state index is 0.0470. The fraction of sp³-hybridized carbons (Fsp3) is 0.214. The minimum Gasteiger partial charge on any atom is -0.465 e. The van der Waals surface area contributed by atoms with Crippen molar-refractivity contribution >= 4 is 21.6 Å². The van der Waals surface area contributed by atoms with Crippen molar-refractivity contribution in [2.75, 3.05) is 0 Å². The molecule has 0 radical (unpaired) electrons. The maximum Gasteiger partial charge on any atom is 0.122 e. The predicted molar refractivity (Wildman–Crippen MR) is 76.8 cm³/mol. The lowest BCUT2D eigenvalue weighted by Gasteiger charge is -2.11. The van der Waals surface area contributed by atoms with Gasteiger partial charge in [0, 0.05) is 6.42 Å². The summed E-state index contributed by atoms with van der Waals surface area (Å²) in [4.78, 5) is 4.61. The molecule has 0 saturated carbocycles. The summed E-state index contributed by atoms with van der Waals surface area (Å²) in [5, 5.41) is 1.05. The third-order valence-electron chi connectivity index (χ3n) is 3.02. The summed E-state index contributed by atoms with van der Waals surface area (Å²) in [5.74, 6) is 7.36. The molecule has 0 saturated heterocycles. The highest BCUT2D eigenvalue weighted by molar-refractivity contribution is 7.18. The van der Waals surface area contributed by atoms with Gasteiger partial charge in [0.25, 0.3) is 0 Å². The molecule has 2 heterocycles. The Bertz CT molecular complexity index is 656. The van der Waals surface area contributed by atoms with Crippen LogP contribution in [-0.2, 0) is 6.42 Å². The maximum absolute atomic E-state index is 5.62. The van der Waals surface area contributed by atoms with Crippen LogP contribution in [0.1, 0.15) is 22.6 Å². The average Bonchev–Trinajstić information content (AvgIpc) is 3.01.